The molecule has 2 heterocycles. The Labute approximate surface area is 162 Å². The second kappa shape index (κ2) is 8.11. The number of halogens is 3. The average molecular weight is 397 g/mol. The van der Waals surface area contributed by atoms with Crippen LogP contribution in [-0.4, -0.2) is 47.3 Å². The van der Waals surface area contributed by atoms with Gasteiger partial charge in [0.2, 0.25) is 11.8 Å². The van der Waals surface area contributed by atoms with Crippen LogP contribution >= 0.6 is 0 Å². The Balaban J connectivity index is 1.59. The summed E-state index contributed by atoms with van der Waals surface area (Å²) in [4.78, 5) is 28.4. The third kappa shape index (κ3) is 4.66. The number of carbonyl (C=O) groups is 2. The van der Waals surface area contributed by atoms with E-state index in [1.165, 1.54) is 11.0 Å². The molecule has 154 valence electrons. The van der Waals surface area contributed by atoms with Gasteiger partial charge in [0, 0.05) is 38.6 Å². The van der Waals surface area contributed by atoms with Gasteiger partial charge in [0.25, 0.3) is 0 Å². The Morgan fingerprint density at radius 3 is 2.57 bits per heavy atom. The highest BCUT2D eigenvalue weighted by Crippen LogP contribution is 2.31. The van der Waals surface area contributed by atoms with E-state index in [0.29, 0.717) is 24.6 Å². The first-order valence-corrected chi connectivity index (χ1v) is 9.63. The highest BCUT2D eigenvalue weighted by Gasteiger charge is 2.38. The lowest BCUT2D eigenvalue weighted by Crippen LogP contribution is -2.45. The van der Waals surface area contributed by atoms with Gasteiger partial charge in [-0.2, -0.15) is 13.2 Å². The number of nitrogens with zero attached hydrogens (tertiary/aromatic N) is 2. The van der Waals surface area contributed by atoms with Gasteiger partial charge in [-0.25, -0.2) is 0 Å². The second-order valence-corrected chi connectivity index (χ2v) is 7.90. The van der Waals surface area contributed by atoms with E-state index >= 15 is 0 Å². The number of amides is 2. The van der Waals surface area contributed by atoms with E-state index in [9.17, 15) is 22.8 Å². The van der Waals surface area contributed by atoms with Crippen molar-refractivity contribution in [3.8, 4) is 0 Å². The summed E-state index contributed by atoms with van der Waals surface area (Å²) in [5.41, 5.74) is 5.61. The van der Waals surface area contributed by atoms with Gasteiger partial charge in [0.15, 0.2) is 0 Å². The number of nitrogens with two attached hydrogens (primary N) is 1. The summed E-state index contributed by atoms with van der Waals surface area (Å²) >= 11 is 0. The Morgan fingerprint density at radius 1 is 1.29 bits per heavy atom. The van der Waals surface area contributed by atoms with Gasteiger partial charge in [-0.1, -0.05) is 12.1 Å². The summed E-state index contributed by atoms with van der Waals surface area (Å²) < 4.78 is 38.6. The number of carbonyl (C=O) groups excluding carboxylic acids is 2. The molecule has 0 radical (unpaired) electrons. The molecule has 0 aliphatic carbocycles. The topological polar surface area (TPSA) is 66.6 Å². The smallest absolute Gasteiger partial charge is 0.342 e. The van der Waals surface area contributed by atoms with E-state index < -0.39 is 17.7 Å². The molecule has 0 spiro atoms. The lowest BCUT2D eigenvalue weighted by Gasteiger charge is -2.35. The van der Waals surface area contributed by atoms with Crippen LogP contribution in [0.4, 0.5) is 13.2 Å². The first kappa shape index (κ1) is 20.6. The van der Waals surface area contributed by atoms with E-state index in [2.05, 4.69) is 0 Å². The standard InChI is InChI=1S/C20H26F3N3O2/c1-13(24)15-5-7-25(8-6-15)19(28)16-10-18(27)26(12-16)11-14-3-2-4-17(9-14)20(21,22)23/h2-4,9,13,15-16H,5-8,10-12,24H2,1H3. The molecule has 2 aliphatic rings. The van der Waals surface area contributed by atoms with Gasteiger partial charge in [-0.15, -0.1) is 0 Å². The highest BCUT2D eigenvalue weighted by molar-refractivity contribution is 5.89. The maximum Gasteiger partial charge on any atom is 0.416 e. The maximum atomic E-state index is 12.9. The highest BCUT2D eigenvalue weighted by atomic mass is 19.4. The van der Waals surface area contributed by atoms with Crippen molar-refractivity contribution in [3.63, 3.8) is 0 Å². The van der Waals surface area contributed by atoms with E-state index in [-0.39, 0.29) is 37.4 Å². The van der Waals surface area contributed by atoms with Crippen LogP contribution in [-0.2, 0) is 22.3 Å². The van der Waals surface area contributed by atoms with Crippen LogP contribution in [0.2, 0.25) is 0 Å². The van der Waals surface area contributed by atoms with Crippen LogP contribution < -0.4 is 5.73 Å². The quantitative estimate of drug-likeness (QED) is 0.850. The second-order valence-electron chi connectivity index (χ2n) is 7.90. The fourth-order valence-electron chi connectivity index (χ4n) is 4.06. The number of hydrogen-bond donors (Lipinski definition) is 1. The molecule has 5 nitrogen and oxygen atoms in total. The Hall–Kier alpha value is -2.09. The zero-order chi connectivity index (χ0) is 20.5. The number of piperidine rings is 1. The minimum Gasteiger partial charge on any atom is -0.342 e. The van der Waals surface area contributed by atoms with E-state index in [0.717, 1.165) is 25.0 Å². The predicted molar refractivity (Wildman–Crippen MR) is 97.9 cm³/mol. The van der Waals surface area contributed by atoms with Crippen molar-refractivity contribution in [1.82, 2.24) is 9.80 Å². The first-order chi connectivity index (χ1) is 13.1. The molecule has 2 fully saturated rings. The molecule has 2 N–H and O–H groups in total. The number of alkyl halides is 3. The van der Waals surface area contributed by atoms with Crippen LogP contribution in [0.1, 0.15) is 37.3 Å². The maximum absolute atomic E-state index is 12.9. The Morgan fingerprint density at radius 2 is 1.96 bits per heavy atom. The molecule has 0 bridgehead atoms. The molecular weight excluding hydrogens is 371 g/mol. The van der Waals surface area contributed by atoms with Crippen LogP contribution in [0.5, 0.6) is 0 Å². The lowest BCUT2D eigenvalue weighted by molar-refractivity contribution is -0.138. The number of hydrogen-bond acceptors (Lipinski definition) is 3. The first-order valence-electron chi connectivity index (χ1n) is 9.63. The summed E-state index contributed by atoms with van der Waals surface area (Å²) in [7, 11) is 0. The van der Waals surface area contributed by atoms with Crippen molar-refractivity contribution in [2.75, 3.05) is 19.6 Å². The molecule has 2 unspecified atom stereocenters. The monoisotopic (exact) mass is 397 g/mol. The van der Waals surface area contributed by atoms with Crippen molar-refractivity contribution < 1.29 is 22.8 Å². The minimum absolute atomic E-state index is 0.0389. The number of rotatable bonds is 4. The van der Waals surface area contributed by atoms with Crippen molar-refractivity contribution in [1.29, 1.82) is 0 Å². The third-order valence-corrected chi connectivity index (χ3v) is 5.79. The summed E-state index contributed by atoms with van der Waals surface area (Å²) in [5.74, 6) is -0.249. The molecule has 28 heavy (non-hydrogen) atoms. The van der Waals surface area contributed by atoms with Gasteiger partial charge in [-0.05, 0) is 43.4 Å². The lowest BCUT2D eigenvalue weighted by atomic mass is 9.90. The molecular formula is C20H26F3N3O2. The van der Waals surface area contributed by atoms with Crippen LogP contribution in [0.25, 0.3) is 0 Å². The van der Waals surface area contributed by atoms with E-state index in [4.69, 9.17) is 5.73 Å². The van der Waals surface area contributed by atoms with E-state index in [1.54, 1.807) is 11.0 Å². The minimum atomic E-state index is -4.42. The van der Waals surface area contributed by atoms with Gasteiger partial charge in [-0.3, -0.25) is 9.59 Å². The zero-order valence-electron chi connectivity index (χ0n) is 15.9. The molecule has 0 saturated carbocycles. The number of benzene rings is 1. The van der Waals surface area contributed by atoms with Gasteiger partial charge >= 0.3 is 6.18 Å². The van der Waals surface area contributed by atoms with Crippen LogP contribution in [0.3, 0.4) is 0 Å². The SMILES string of the molecule is CC(N)C1CCN(C(=O)C2CC(=O)N(Cc3cccc(C(F)(F)F)c3)C2)CC1. The Bertz CT molecular complexity index is 728. The average Bonchev–Trinajstić information content (AvgIpc) is 3.01. The van der Waals surface area contributed by atoms with Crippen molar-refractivity contribution in [2.45, 2.75) is 44.9 Å². The molecule has 2 saturated heterocycles. The molecule has 8 heteroatoms. The van der Waals surface area contributed by atoms with Gasteiger partial charge in [0.05, 0.1) is 11.5 Å². The van der Waals surface area contributed by atoms with Crippen molar-refractivity contribution >= 4 is 11.8 Å². The molecule has 1 aromatic carbocycles. The predicted octanol–water partition coefficient (Wildman–Crippen LogP) is 2.64. The summed E-state index contributed by atoms with van der Waals surface area (Å²) in [6, 6.07) is 5.07. The summed E-state index contributed by atoms with van der Waals surface area (Å²) in [5, 5.41) is 0. The van der Waals surface area contributed by atoms with Crippen molar-refractivity contribution in [2.24, 2.45) is 17.6 Å². The van der Waals surface area contributed by atoms with Gasteiger partial charge in [0.1, 0.15) is 0 Å². The molecule has 3 rings (SSSR count). The van der Waals surface area contributed by atoms with Crippen LogP contribution in [0.15, 0.2) is 24.3 Å². The Kier molecular flexibility index (Phi) is 5.98. The van der Waals surface area contributed by atoms with Crippen molar-refractivity contribution in [3.05, 3.63) is 35.4 Å². The van der Waals surface area contributed by atoms with Gasteiger partial charge < -0.3 is 15.5 Å². The largest absolute Gasteiger partial charge is 0.416 e. The molecule has 2 amide bonds. The summed E-state index contributed by atoms with van der Waals surface area (Å²) in [6.07, 6.45) is -2.59. The molecule has 2 aliphatic heterocycles. The summed E-state index contributed by atoms with van der Waals surface area (Å²) in [6.45, 7) is 3.59. The zero-order valence-corrected chi connectivity index (χ0v) is 15.9. The fourth-order valence-corrected chi connectivity index (χ4v) is 4.06. The third-order valence-electron chi connectivity index (χ3n) is 5.79. The molecule has 1 aromatic rings. The van der Waals surface area contributed by atoms with Crippen LogP contribution in [0, 0.1) is 11.8 Å². The molecule has 2 atom stereocenters. The normalized spacial score (nSPS) is 22.6. The van der Waals surface area contributed by atoms with E-state index in [1.807, 2.05) is 6.92 Å². The molecule has 0 aromatic heterocycles. The number of likely N-dealkylation sites (tertiary alicyclic amines) is 2. The fraction of sp³-hybridized carbons (Fsp3) is 0.600.